The topological polar surface area (TPSA) is 71.3 Å². The first-order valence-electron chi connectivity index (χ1n) is 8.21. The third kappa shape index (κ3) is 5.09. The molecule has 0 aliphatic rings. The molecule has 0 saturated carbocycles. The van der Waals surface area contributed by atoms with Gasteiger partial charge in [-0.25, -0.2) is 0 Å². The van der Waals surface area contributed by atoms with Gasteiger partial charge in [0.1, 0.15) is 5.70 Å². The van der Waals surface area contributed by atoms with Crippen molar-refractivity contribution in [3.8, 4) is 0 Å². The number of furan rings is 1. The molecule has 3 rings (SSSR count). The molecule has 2 aromatic carbocycles. The summed E-state index contributed by atoms with van der Waals surface area (Å²) in [7, 11) is 0. The number of hydrogen-bond acceptors (Lipinski definition) is 3. The van der Waals surface area contributed by atoms with Crippen LogP contribution in [0.1, 0.15) is 21.7 Å². The number of anilines is 1. The SMILES string of the molecule is Cc1cccc(NC(=O)/C(=C\c2ccc(Cl)cc2)NC(=O)c2ccco2)c1. The number of nitrogens with one attached hydrogen (secondary N) is 2. The quantitative estimate of drug-likeness (QED) is 0.633. The first-order chi connectivity index (χ1) is 13.0. The van der Waals surface area contributed by atoms with E-state index in [-0.39, 0.29) is 11.5 Å². The molecule has 0 atom stereocenters. The van der Waals surface area contributed by atoms with Gasteiger partial charge < -0.3 is 15.1 Å². The molecule has 136 valence electrons. The second kappa shape index (κ2) is 8.38. The second-order valence-electron chi connectivity index (χ2n) is 5.86. The Labute approximate surface area is 161 Å². The van der Waals surface area contributed by atoms with Crippen molar-refractivity contribution in [2.24, 2.45) is 0 Å². The van der Waals surface area contributed by atoms with E-state index in [2.05, 4.69) is 10.6 Å². The maximum absolute atomic E-state index is 12.7. The molecule has 3 aromatic rings. The molecule has 1 aromatic heterocycles. The van der Waals surface area contributed by atoms with Crippen molar-refractivity contribution in [3.63, 3.8) is 0 Å². The summed E-state index contributed by atoms with van der Waals surface area (Å²) in [6.07, 6.45) is 2.96. The summed E-state index contributed by atoms with van der Waals surface area (Å²) in [5.41, 5.74) is 2.44. The van der Waals surface area contributed by atoms with Crippen LogP contribution in [0.2, 0.25) is 5.02 Å². The van der Waals surface area contributed by atoms with Crippen molar-refractivity contribution >= 4 is 35.2 Å². The molecule has 0 spiro atoms. The molecule has 0 fully saturated rings. The van der Waals surface area contributed by atoms with Crippen molar-refractivity contribution in [1.82, 2.24) is 5.32 Å². The number of rotatable bonds is 5. The average molecular weight is 381 g/mol. The summed E-state index contributed by atoms with van der Waals surface area (Å²) in [6.45, 7) is 1.93. The Bertz CT molecular complexity index is 977. The van der Waals surface area contributed by atoms with Gasteiger partial charge in [0.05, 0.1) is 6.26 Å². The minimum Gasteiger partial charge on any atom is -0.459 e. The van der Waals surface area contributed by atoms with E-state index in [0.717, 1.165) is 5.56 Å². The summed E-state index contributed by atoms with van der Waals surface area (Å²) in [4.78, 5) is 25.1. The molecule has 0 aliphatic heterocycles. The van der Waals surface area contributed by atoms with Crippen molar-refractivity contribution in [3.05, 3.63) is 94.5 Å². The normalized spacial score (nSPS) is 11.1. The van der Waals surface area contributed by atoms with Gasteiger partial charge in [-0.15, -0.1) is 0 Å². The van der Waals surface area contributed by atoms with Crippen LogP contribution in [-0.2, 0) is 4.79 Å². The largest absolute Gasteiger partial charge is 0.459 e. The number of hydrogen-bond donors (Lipinski definition) is 2. The second-order valence-corrected chi connectivity index (χ2v) is 6.30. The summed E-state index contributed by atoms with van der Waals surface area (Å²) in [6, 6.07) is 17.4. The standard InChI is InChI=1S/C21H17ClN2O3/c1-14-4-2-5-17(12-14)23-20(25)18(13-15-7-9-16(22)10-8-15)24-21(26)19-6-3-11-27-19/h2-13H,1H3,(H,23,25)(H,24,26)/b18-13+. The van der Waals surface area contributed by atoms with E-state index in [0.29, 0.717) is 16.3 Å². The predicted molar refractivity (Wildman–Crippen MR) is 105 cm³/mol. The van der Waals surface area contributed by atoms with E-state index >= 15 is 0 Å². The van der Waals surface area contributed by atoms with Gasteiger partial charge in [-0.05, 0) is 60.5 Å². The number of aryl methyl sites for hydroxylation is 1. The number of amides is 2. The fourth-order valence-corrected chi connectivity index (χ4v) is 2.52. The lowest BCUT2D eigenvalue weighted by atomic mass is 10.1. The summed E-state index contributed by atoms with van der Waals surface area (Å²) in [5.74, 6) is -0.851. The first kappa shape index (κ1) is 18.5. The molecular formula is C21H17ClN2O3. The Kier molecular flexibility index (Phi) is 5.74. The number of carbonyl (C=O) groups excluding carboxylic acids is 2. The molecule has 0 radical (unpaired) electrons. The minimum atomic E-state index is -0.514. The highest BCUT2D eigenvalue weighted by molar-refractivity contribution is 6.30. The van der Waals surface area contributed by atoms with E-state index in [1.165, 1.54) is 12.3 Å². The van der Waals surface area contributed by atoms with Gasteiger partial charge in [0, 0.05) is 10.7 Å². The van der Waals surface area contributed by atoms with Crippen LogP contribution in [-0.4, -0.2) is 11.8 Å². The zero-order valence-corrected chi connectivity index (χ0v) is 15.3. The maximum atomic E-state index is 12.7. The fourth-order valence-electron chi connectivity index (χ4n) is 2.40. The number of halogens is 1. The minimum absolute atomic E-state index is 0.0835. The van der Waals surface area contributed by atoms with E-state index in [4.69, 9.17) is 16.0 Å². The molecule has 2 amide bonds. The van der Waals surface area contributed by atoms with E-state index in [9.17, 15) is 9.59 Å². The van der Waals surface area contributed by atoms with Gasteiger partial charge in [0.2, 0.25) is 0 Å². The molecule has 0 bridgehead atoms. The number of benzene rings is 2. The molecule has 5 nitrogen and oxygen atoms in total. The summed E-state index contributed by atoms with van der Waals surface area (Å²) >= 11 is 5.90. The molecule has 2 N–H and O–H groups in total. The highest BCUT2D eigenvalue weighted by Crippen LogP contribution is 2.15. The fraction of sp³-hybridized carbons (Fsp3) is 0.0476. The van der Waals surface area contributed by atoms with Crippen LogP contribution in [0.5, 0.6) is 0 Å². The molecule has 1 heterocycles. The van der Waals surface area contributed by atoms with E-state index < -0.39 is 11.8 Å². The zero-order valence-electron chi connectivity index (χ0n) is 14.5. The lowest BCUT2D eigenvalue weighted by molar-refractivity contribution is -0.113. The molecule has 0 aliphatic carbocycles. The molecule has 0 saturated heterocycles. The van der Waals surface area contributed by atoms with Gasteiger partial charge >= 0.3 is 0 Å². The smallest absolute Gasteiger partial charge is 0.291 e. The van der Waals surface area contributed by atoms with Crippen molar-refractivity contribution < 1.29 is 14.0 Å². The van der Waals surface area contributed by atoms with Crippen molar-refractivity contribution in [2.45, 2.75) is 6.92 Å². The van der Waals surface area contributed by atoms with Gasteiger partial charge in [-0.1, -0.05) is 35.9 Å². The Morgan fingerprint density at radius 3 is 2.48 bits per heavy atom. The Morgan fingerprint density at radius 1 is 1.04 bits per heavy atom. The van der Waals surface area contributed by atoms with Crippen molar-refractivity contribution in [1.29, 1.82) is 0 Å². The molecular weight excluding hydrogens is 364 g/mol. The van der Waals surface area contributed by atoms with Crippen LogP contribution in [0.15, 0.2) is 77.0 Å². The van der Waals surface area contributed by atoms with Crippen LogP contribution in [0.25, 0.3) is 6.08 Å². The van der Waals surface area contributed by atoms with Gasteiger partial charge in [0.15, 0.2) is 5.76 Å². The lowest BCUT2D eigenvalue weighted by Gasteiger charge is -2.11. The van der Waals surface area contributed by atoms with E-state index in [1.807, 2.05) is 25.1 Å². The van der Waals surface area contributed by atoms with Gasteiger partial charge in [0.25, 0.3) is 11.8 Å². The zero-order chi connectivity index (χ0) is 19.2. The highest BCUT2D eigenvalue weighted by atomic mass is 35.5. The van der Waals surface area contributed by atoms with Crippen LogP contribution in [0.3, 0.4) is 0 Å². The Morgan fingerprint density at radius 2 is 1.81 bits per heavy atom. The van der Waals surface area contributed by atoms with E-state index in [1.54, 1.807) is 42.5 Å². The Hall–Kier alpha value is -3.31. The molecule has 27 heavy (non-hydrogen) atoms. The van der Waals surface area contributed by atoms with Crippen LogP contribution in [0.4, 0.5) is 5.69 Å². The van der Waals surface area contributed by atoms with Gasteiger partial charge in [-0.2, -0.15) is 0 Å². The lowest BCUT2D eigenvalue weighted by Crippen LogP contribution is -2.30. The molecule has 0 unspecified atom stereocenters. The third-order valence-corrected chi connectivity index (χ3v) is 3.95. The summed E-state index contributed by atoms with van der Waals surface area (Å²) in [5, 5.41) is 5.97. The Balaban J connectivity index is 1.87. The third-order valence-electron chi connectivity index (χ3n) is 3.69. The maximum Gasteiger partial charge on any atom is 0.291 e. The molecule has 6 heteroatoms. The van der Waals surface area contributed by atoms with Crippen LogP contribution in [0, 0.1) is 6.92 Å². The average Bonchev–Trinajstić information content (AvgIpc) is 3.18. The summed E-state index contributed by atoms with van der Waals surface area (Å²) < 4.78 is 5.09. The highest BCUT2D eigenvalue weighted by Gasteiger charge is 2.16. The predicted octanol–water partition coefficient (Wildman–Crippen LogP) is 4.65. The van der Waals surface area contributed by atoms with Crippen LogP contribution >= 0.6 is 11.6 Å². The first-order valence-corrected chi connectivity index (χ1v) is 8.59. The number of carbonyl (C=O) groups is 2. The van der Waals surface area contributed by atoms with Crippen molar-refractivity contribution in [2.75, 3.05) is 5.32 Å². The monoisotopic (exact) mass is 380 g/mol. The van der Waals surface area contributed by atoms with Gasteiger partial charge in [-0.3, -0.25) is 9.59 Å². The van der Waals surface area contributed by atoms with Crippen LogP contribution < -0.4 is 10.6 Å².